The third kappa shape index (κ3) is 3.67. The number of hydrogen-bond acceptors (Lipinski definition) is 2. The van der Waals surface area contributed by atoms with Crippen LogP contribution >= 0.6 is 0 Å². The summed E-state index contributed by atoms with van der Waals surface area (Å²) in [5.74, 6) is 0.519. The van der Waals surface area contributed by atoms with E-state index in [0.29, 0.717) is 12.0 Å². The van der Waals surface area contributed by atoms with Crippen LogP contribution in [-0.2, 0) is 11.3 Å². The number of nitrogens with one attached hydrogen (secondary N) is 1. The molecule has 1 saturated heterocycles. The Labute approximate surface area is 130 Å². The highest BCUT2D eigenvalue weighted by Crippen LogP contribution is 2.39. The van der Waals surface area contributed by atoms with Crippen molar-refractivity contribution >= 4 is 0 Å². The van der Waals surface area contributed by atoms with Gasteiger partial charge in [-0.15, -0.1) is 0 Å². The van der Waals surface area contributed by atoms with Crippen LogP contribution in [0.25, 0.3) is 0 Å². The van der Waals surface area contributed by atoms with Gasteiger partial charge in [0.05, 0.1) is 12.7 Å². The van der Waals surface area contributed by atoms with Gasteiger partial charge >= 0.3 is 0 Å². The molecule has 0 spiro atoms. The lowest BCUT2D eigenvalue weighted by Gasteiger charge is -2.53. The van der Waals surface area contributed by atoms with Gasteiger partial charge in [0.2, 0.25) is 0 Å². The van der Waals surface area contributed by atoms with Crippen LogP contribution < -0.4 is 5.32 Å². The monoisotopic (exact) mass is 289 g/mol. The predicted molar refractivity (Wildman–Crippen MR) is 89.3 cm³/mol. The van der Waals surface area contributed by atoms with Crippen molar-refractivity contribution in [2.24, 2.45) is 5.92 Å². The van der Waals surface area contributed by atoms with Gasteiger partial charge in [0, 0.05) is 17.0 Å². The van der Waals surface area contributed by atoms with E-state index >= 15 is 0 Å². The van der Waals surface area contributed by atoms with E-state index in [-0.39, 0.29) is 11.1 Å². The van der Waals surface area contributed by atoms with E-state index < -0.39 is 0 Å². The summed E-state index contributed by atoms with van der Waals surface area (Å²) in [5, 5.41) is 3.90. The fourth-order valence-electron chi connectivity index (χ4n) is 3.51. The predicted octanol–water partition coefficient (Wildman–Crippen LogP) is 4.54. The Kier molecular flexibility index (Phi) is 5.11. The molecule has 0 radical (unpaired) electrons. The van der Waals surface area contributed by atoms with E-state index in [0.717, 1.165) is 25.9 Å². The summed E-state index contributed by atoms with van der Waals surface area (Å²) in [6, 6.07) is 10.5. The van der Waals surface area contributed by atoms with Crippen LogP contribution in [0.5, 0.6) is 0 Å². The molecule has 1 aliphatic rings. The van der Waals surface area contributed by atoms with Gasteiger partial charge in [-0.25, -0.2) is 0 Å². The lowest BCUT2D eigenvalue weighted by atomic mass is 9.70. The molecule has 2 nitrogen and oxygen atoms in total. The molecule has 0 bridgehead atoms. The number of piperidine rings is 1. The Hall–Kier alpha value is -0.860. The molecule has 118 valence electrons. The molecule has 1 fully saturated rings. The Morgan fingerprint density at radius 3 is 2.38 bits per heavy atom. The van der Waals surface area contributed by atoms with E-state index in [2.05, 4.69) is 70.3 Å². The zero-order valence-electron chi connectivity index (χ0n) is 14.3. The molecule has 1 aliphatic heterocycles. The normalized spacial score (nSPS) is 36.6. The van der Waals surface area contributed by atoms with Gasteiger partial charge in [-0.2, -0.15) is 0 Å². The molecule has 1 heterocycles. The van der Waals surface area contributed by atoms with Crippen LogP contribution in [-0.4, -0.2) is 17.2 Å². The summed E-state index contributed by atoms with van der Waals surface area (Å²) >= 11 is 0. The zero-order chi connectivity index (χ0) is 15.5. The summed E-state index contributed by atoms with van der Waals surface area (Å²) in [5.41, 5.74) is 1.60. The quantitative estimate of drug-likeness (QED) is 0.859. The van der Waals surface area contributed by atoms with Crippen LogP contribution in [0.1, 0.15) is 59.4 Å². The minimum absolute atomic E-state index is 0.157. The SMILES string of the molecule is CCC1(C)CC(OCc2ccccc2)C(C)C(C)(CC)N1. The first-order valence-electron chi connectivity index (χ1n) is 8.37. The first kappa shape index (κ1) is 16.5. The average Bonchev–Trinajstić information content (AvgIpc) is 2.50. The molecular formula is C19H31NO. The Bertz CT molecular complexity index is 446. The highest BCUT2D eigenvalue weighted by molar-refractivity contribution is 5.13. The zero-order valence-corrected chi connectivity index (χ0v) is 14.3. The Morgan fingerprint density at radius 1 is 1.14 bits per heavy atom. The lowest BCUT2D eigenvalue weighted by Crippen LogP contribution is -2.66. The van der Waals surface area contributed by atoms with Crippen LogP contribution in [0, 0.1) is 5.92 Å². The van der Waals surface area contributed by atoms with Crippen LogP contribution in [0.2, 0.25) is 0 Å². The third-order valence-corrected chi connectivity index (χ3v) is 5.62. The maximum absolute atomic E-state index is 6.34. The molecule has 1 aromatic carbocycles. The largest absolute Gasteiger partial charge is 0.373 e. The van der Waals surface area contributed by atoms with Gasteiger partial charge in [0.15, 0.2) is 0 Å². The second-order valence-corrected chi connectivity index (χ2v) is 7.14. The molecule has 0 saturated carbocycles. The molecule has 2 heteroatoms. The molecule has 21 heavy (non-hydrogen) atoms. The summed E-state index contributed by atoms with van der Waals surface area (Å²) in [6.45, 7) is 12.3. The van der Waals surface area contributed by atoms with Gasteiger partial charge in [0.1, 0.15) is 0 Å². The van der Waals surface area contributed by atoms with Gasteiger partial charge in [0.25, 0.3) is 0 Å². The highest BCUT2D eigenvalue weighted by Gasteiger charge is 2.46. The fraction of sp³-hybridized carbons (Fsp3) is 0.684. The summed E-state index contributed by atoms with van der Waals surface area (Å²) in [4.78, 5) is 0. The number of benzene rings is 1. The second kappa shape index (κ2) is 6.50. The van der Waals surface area contributed by atoms with E-state index in [1.165, 1.54) is 5.56 Å². The van der Waals surface area contributed by atoms with Crippen LogP contribution in [0.3, 0.4) is 0 Å². The first-order valence-corrected chi connectivity index (χ1v) is 8.37. The topological polar surface area (TPSA) is 21.3 Å². The molecule has 4 atom stereocenters. The molecule has 1 N–H and O–H groups in total. The van der Waals surface area contributed by atoms with Crippen molar-refractivity contribution in [1.29, 1.82) is 0 Å². The molecule has 0 amide bonds. The number of ether oxygens (including phenoxy) is 1. The smallest absolute Gasteiger partial charge is 0.0720 e. The Balaban J connectivity index is 2.09. The maximum atomic E-state index is 6.34. The van der Waals surface area contributed by atoms with Crippen molar-refractivity contribution in [3.8, 4) is 0 Å². The Morgan fingerprint density at radius 2 is 1.81 bits per heavy atom. The van der Waals surface area contributed by atoms with Crippen molar-refractivity contribution in [1.82, 2.24) is 5.32 Å². The van der Waals surface area contributed by atoms with Gasteiger partial charge in [-0.1, -0.05) is 51.1 Å². The second-order valence-electron chi connectivity index (χ2n) is 7.14. The maximum Gasteiger partial charge on any atom is 0.0720 e. The number of rotatable bonds is 5. The van der Waals surface area contributed by atoms with Crippen molar-refractivity contribution in [3.05, 3.63) is 35.9 Å². The van der Waals surface area contributed by atoms with Crippen molar-refractivity contribution < 1.29 is 4.74 Å². The fourth-order valence-corrected chi connectivity index (χ4v) is 3.51. The van der Waals surface area contributed by atoms with E-state index in [4.69, 9.17) is 4.74 Å². The minimum Gasteiger partial charge on any atom is -0.373 e. The van der Waals surface area contributed by atoms with E-state index in [9.17, 15) is 0 Å². The lowest BCUT2D eigenvalue weighted by molar-refractivity contribution is -0.0792. The molecule has 2 rings (SSSR count). The molecule has 0 aliphatic carbocycles. The van der Waals surface area contributed by atoms with Gasteiger partial charge < -0.3 is 10.1 Å². The minimum atomic E-state index is 0.157. The number of hydrogen-bond donors (Lipinski definition) is 1. The molecule has 1 aromatic rings. The summed E-state index contributed by atoms with van der Waals surface area (Å²) in [6.07, 6.45) is 3.68. The van der Waals surface area contributed by atoms with Gasteiger partial charge in [-0.3, -0.25) is 0 Å². The van der Waals surface area contributed by atoms with Crippen molar-refractivity contribution in [3.63, 3.8) is 0 Å². The third-order valence-electron chi connectivity index (χ3n) is 5.62. The van der Waals surface area contributed by atoms with Crippen molar-refractivity contribution in [2.75, 3.05) is 0 Å². The van der Waals surface area contributed by atoms with E-state index in [1.807, 2.05) is 0 Å². The highest BCUT2D eigenvalue weighted by atomic mass is 16.5. The average molecular weight is 289 g/mol. The van der Waals surface area contributed by atoms with Crippen LogP contribution in [0.4, 0.5) is 0 Å². The molecular weight excluding hydrogens is 258 g/mol. The van der Waals surface area contributed by atoms with Gasteiger partial charge in [-0.05, 0) is 38.7 Å². The molecule has 0 aromatic heterocycles. The summed E-state index contributed by atoms with van der Waals surface area (Å²) in [7, 11) is 0. The van der Waals surface area contributed by atoms with Crippen molar-refractivity contribution in [2.45, 2.75) is 77.7 Å². The molecule has 4 unspecified atom stereocenters. The van der Waals surface area contributed by atoms with E-state index in [1.54, 1.807) is 0 Å². The van der Waals surface area contributed by atoms with Crippen LogP contribution in [0.15, 0.2) is 30.3 Å². The standard InChI is InChI=1S/C19H31NO/c1-6-18(4)13-17(15(3)19(5,7-2)20-18)21-14-16-11-9-8-10-12-16/h8-12,15,17,20H,6-7,13-14H2,1-5H3. The summed E-state index contributed by atoms with van der Waals surface area (Å²) < 4.78 is 6.34. The first-order chi connectivity index (χ1) is 9.92.